The van der Waals surface area contributed by atoms with E-state index < -0.39 is 0 Å². The Morgan fingerprint density at radius 1 is 1.12 bits per heavy atom. The van der Waals surface area contributed by atoms with Gasteiger partial charge in [-0.15, -0.1) is 0 Å². The number of hydrogen-bond acceptors (Lipinski definition) is 3. The molecule has 0 atom stereocenters. The summed E-state index contributed by atoms with van der Waals surface area (Å²) in [5.74, 6) is 1.27. The van der Waals surface area contributed by atoms with Crippen LogP contribution in [0.15, 0.2) is 12.1 Å². The molecule has 0 saturated heterocycles. The fourth-order valence-corrected chi connectivity index (χ4v) is 1.59. The molecule has 0 bridgehead atoms. The van der Waals surface area contributed by atoms with E-state index in [2.05, 4.69) is 20.8 Å². The molecule has 16 heavy (non-hydrogen) atoms. The summed E-state index contributed by atoms with van der Waals surface area (Å²) < 4.78 is 10.5. The van der Waals surface area contributed by atoms with Gasteiger partial charge >= 0.3 is 0 Å². The van der Waals surface area contributed by atoms with Crippen molar-refractivity contribution in [3.63, 3.8) is 0 Å². The molecule has 1 rings (SSSR count). The maximum absolute atomic E-state index is 9.32. The Kier molecular flexibility index (Phi) is 3.81. The molecule has 0 aliphatic rings. The Morgan fingerprint density at radius 3 is 2.12 bits per heavy atom. The second kappa shape index (κ2) is 4.74. The molecule has 0 aliphatic carbocycles. The van der Waals surface area contributed by atoms with Crippen LogP contribution in [0, 0.1) is 0 Å². The van der Waals surface area contributed by atoms with Crippen molar-refractivity contribution in [3.8, 4) is 11.5 Å². The zero-order valence-corrected chi connectivity index (χ0v) is 10.6. The Labute approximate surface area is 97.0 Å². The van der Waals surface area contributed by atoms with Gasteiger partial charge in [-0.2, -0.15) is 0 Å². The maximum Gasteiger partial charge on any atom is 0.166 e. The van der Waals surface area contributed by atoms with Gasteiger partial charge in [-0.3, -0.25) is 0 Å². The highest BCUT2D eigenvalue weighted by atomic mass is 16.5. The van der Waals surface area contributed by atoms with E-state index in [1.807, 2.05) is 12.1 Å². The van der Waals surface area contributed by atoms with Crippen LogP contribution in [0.1, 0.15) is 31.9 Å². The summed E-state index contributed by atoms with van der Waals surface area (Å²) in [6.07, 6.45) is 0. The molecular weight excluding hydrogens is 204 g/mol. The maximum atomic E-state index is 9.32. The lowest BCUT2D eigenvalue weighted by atomic mass is 9.86. The van der Waals surface area contributed by atoms with Gasteiger partial charge in [0.2, 0.25) is 0 Å². The van der Waals surface area contributed by atoms with Crippen LogP contribution < -0.4 is 9.47 Å². The fraction of sp³-hybridized carbons (Fsp3) is 0.538. The Balaban J connectivity index is 3.37. The molecule has 1 aromatic carbocycles. The number of aliphatic hydroxyl groups excluding tert-OH is 1. The van der Waals surface area contributed by atoms with Crippen LogP contribution in [0.5, 0.6) is 11.5 Å². The SMILES string of the molecule is COc1cc(C(C)(C)C)cc(CO)c1OC. The summed E-state index contributed by atoms with van der Waals surface area (Å²) in [6.45, 7) is 6.31. The summed E-state index contributed by atoms with van der Waals surface area (Å²) >= 11 is 0. The van der Waals surface area contributed by atoms with Gasteiger partial charge in [0.25, 0.3) is 0 Å². The summed E-state index contributed by atoms with van der Waals surface area (Å²) in [4.78, 5) is 0. The van der Waals surface area contributed by atoms with E-state index in [0.29, 0.717) is 11.5 Å². The molecule has 0 radical (unpaired) electrons. The zero-order chi connectivity index (χ0) is 12.3. The van der Waals surface area contributed by atoms with Gasteiger partial charge in [-0.1, -0.05) is 20.8 Å². The monoisotopic (exact) mass is 224 g/mol. The minimum absolute atomic E-state index is 0.0173. The van der Waals surface area contributed by atoms with E-state index in [0.717, 1.165) is 11.1 Å². The van der Waals surface area contributed by atoms with E-state index in [4.69, 9.17) is 9.47 Å². The van der Waals surface area contributed by atoms with Crippen LogP contribution in [0.25, 0.3) is 0 Å². The van der Waals surface area contributed by atoms with Crippen LogP contribution in [0.2, 0.25) is 0 Å². The third-order valence-electron chi connectivity index (χ3n) is 2.59. The lowest BCUT2D eigenvalue weighted by Crippen LogP contribution is -2.12. The third-order valence-corrected chi connectivity index (χ3v) is 2.59. The van der Waals surface area contributed by atoms with Gasteiger partial charge in [-0.05, 0) is 23.1 Å². The predicted octanol–water partition coefficient (Wildman–Crippen LogP) is 2.49. The molecule has 3 heteroatoms. The lowest BCUT2D eigenvalue weighted by Gasteiger charge is -2.22. The molecule has 0 aromatic heterocycles. The first-order valence-electron chi connectivity index (χ1n) is 5.30. The smallest absolute Gasteiger partial charge is 0.166 e. The van der Waals surface area contributed by atoms with Gasteiger partial charge in [-0.25, -0.2) is 0 Å². The number of ether oxygens (including phenoxy) is 2. The zero-order valence-electron chi connectivity index (χ0n) is 10.6. The van der Waals surface area contributed by atoms with Crippen molar-refractivity contribution < 1.29 is 14.6 Å². The first kappa shape index (κ1) is 12.8. The lowest BCUT2D eigenvalue weighted by molar-refractivity contribution is 0.269. The minimum Gasteiger partial charge on any atom is -0.493 e. The Hall–Kier alpha value is -1.22. The van der Waals surface area contributed by atoms with Crippen molar-refractivity contribution in [1.29, 1.82) is 0 Å². The summed E-state index contributed by atoms with van der Waals surface area (Å²) in [5, 5.41) is 9.32. The van der Waals surface area contributed by atoms with Gasteiger partial charge in [0.15, 0.2) is 11.5 Å². The van der Waals surface area contributed by atoms with E-state index in [1.165, 1.54) is 0 Å². The molecular formula is C13H20O3. The largest absolute Gasteiger partial charge is 0.493 e. The second-order valence-electron chi connectivity index (χ2n) is 4.78. The van der Waals surface area contributed by atoms with E-state index in [9.17, 15) is 5.11 Å². The Bertz CT molecular complexity index is 339. The van der Waals surface area contributed by atoms with Gasteiger partial charge in [0.05, 0.1) is 20.8 Å². The number of hydrogen-bond donors (Lipinski definition) is 1. The molecule has 0 saturated carbocycles. The molecule has 0 heterocycles. The van der Waals surface area contributed by atoms with E-state index >= 15 is 0 Å². The standard InChI is InChI=1S/C13H20O3/c1-13(2,3)10-6-9(8-14)12(16-5)11(7-10)15-4/h6-7,14H,8H2,1-5H3. The van der Waals surface area contributed by atoms with Crippen LogP contribution >= 0.6 is 0 Å². The van der Waals surface area contributed by atoms with Crippen molar-refractivity contribution in [1.82, 2.24) is 0 Å². The molecule has 0 spiro atoms. The molecule has 0 unspecified atom stereocenters. The molecule has 0 fully saturated rings. The highest BCUT2D eigenvalue weighted by Crippen LogP contribution is 2.36. The van der Waals surface area contributed by atoms with Crippen LogP contribution in [-0.2, 0) is 12.0 Å². The van der Waals surface area contributed by atoms with Gasteiger partial charge in [0.1, 0.15) is 0 Å². The molecule has 90 valence electrons. The van der Waals surface area contributed by atoms with E-state index in [1.54, 1.807) is 14.2 Å². The highest BCUT2D eigenvalue weighted by molar-refractivity contribution is 5.50. The predicted molar refractivity (Wildman–Crippen MR) is 64.2 cm³/mol. The Morgan fingerprint density at radius 2 is 1.75 bits per heavy atom. The highest BCUT2D eigenvalue weighted by Gasteiger charge is 2.19. The van der Waals surface area contributed by atoms with Crippen LogP contribution in [-0.4, -0.2) is 19.3 Å². The van der Waals surface area contributed by atoms with Gasteiger partial charge < -0.3 is 14.6 Å². The van der Waals surface area contributed by atoms with Crippen molar-refractivity contribution >= 4 is 0 Å². The number of aliphatic hydroxyl groups is 1. The molecule has 0 aliphatic heterocycles. The quantitative estimate of drug-likeness (QED) is 0.857. The third kappa shape index (κ3) is 2.47. The van der Waals surface area contributed by atoms with Crippen LogP contribution in [0.3, 0.4) is 0 Å². The van der Waals surface area contributed by atoms with Crippen molar-refractivity contribution in [2.75, 3.05) is 14.2 Å². The van der Waals surface area contributed by atoms with Crippen LogP contribution in [0.4, 0.5) is 0 Å². The summed E-state index contributed by atoms with van der Waals surface area (Å²) in [5.41, 5.74) is 1.89. The number of rotatable bonds is 3. The van der Waals surface area contributed by atoms with Crippen molar-refractivity contribution in [2.45, 2.75) is 32.8 Å². The number of benzene rings is 1. The summed E-state index contributed by atoms with van der Waals surface area (Å²) in [6, 6.07) is 3.92. The van der Waals surface area contributed by atoms with E-state index in [-0.39, 0.29) is 12.0 Å². The first-order chi connectivity index (χ1) is 7.43. The first-order valence-corrected chi connectivity index (χ1v) is 5.30. The normalized spacial score (nSPS) is 11.4. The second-order valence-corrected chi connectivity index (χ2v) is 4.78. The summed E-state index contributed by atoms with van der Waals surface area (Å²) in [7, 11) is 3.18. The average Bonchev–Trinajstić information content (AvgIpc) is 2.25. The molecule has 1 aromatic rings. The minimum atomic E-state index is -0.0521. The fourth-order valence-electron chi connectivity index (χ4n) is 1.59. The average molecular weight is 224 g/mol. The molecule has 1 N–H and O–H groups in total. The molecule has 0 amide bonds. The van der Waals surface area contributed by atoms with Crippen molar-refractivity contribution in [3.05, 3.63) is 23.3 Å². The molecule has 3 nitrogen and oxygen atoms in total. The number of methoxy groups -OCH3 is 2. The van der Waals surface area contributed by atoms with Gasteiger partial charge in [0, 0.05) is 5.56 Å². The van der Waals surface area contributed by atoms with Crippen molar-refractivity contribution in [2.24, 2.45) is 0 Å². The topological polar surface area (TPSA) is 38.7 Å².